The van der Waals surface area contributed by atoms with Gasteiger partial charge < -0.3 is 5.32 Å². The van der Waals surface area contributed by atoms with Crippen LogP contribution in [0.4, 0.5) is 4.79 Å². The molecule has 0 aliphatic carbocycles. The second-order valence-corrected chi connectivity index (χ2v) is 2.82. The van der Waals surface area contributed by atoms with Gasteiger partial charge in [-0.2, -0.15) is 0 Å². The smallest absolute Gasteiger partial charge is 0.322 e. The molecule has 1 saturated heterocycles. The lowest BCUT2D eigenvalue weighted by molar-refractivity contribution is -0.129. The van der Waals surface area contributed by atoms with Crippen LogP contribution in [0, 0.1) is 0 Å². The highest BCUT2D eigenvalue weighted by molar-refractivity contribution is 5.95. The predicted octanol–water partition coefficient (Wildman–Crippen LogP) is -0.111. The molecule has 0 saturated carbocycles. The van der Waals surface area contributed by atoms with Crippen LogP contribution in [0.15, 0.2) is 0 Å². The van der Waals surface area contributed by atoms with E-state index in [1.165, 1.54) is 0 Å². The molecule has 1 fully saturated rings. The Balaban J connectivity index is 2.82. The first kappa shape index (κ1) is 8.83. The van der Waals surface area contributed by atoms with Crippen LogP contribution in [0.5, 0.6) is 0 Å². The minimum Gasteiger partial charge on any atom is -0.322 e. The van der Waals surface area contributed by atoms with Crippen molar-refractivity contribution in [3.05, 3.63) is 0 Å². The van der Waals surface area contributed by atoms with Crippen LogP contribution in [-0.2, 0) is 4.79 Å². The van der Waals surface area contributed by atoms with E-state index in [4.69, 9.17) is 0 Å². The molecule has 0 spiro atoms. The molecule has 5 nitrogen and oxygen atoms in total. The number of urea groups is 1. The number of nitrogens with one attached hydrogen (secondary N) is 3. The van der Waals surface area contributed by atoms with Gasteiger partial charge >= 0.3 is 6.03 Å². The Labute approximate surface area is 70.9 Å². The van der Waals surface area contributed by atoms with Crippen LogP contribution in [0.3, 0.4) is 0 Å². The Kier molecular flexibility index (Phi) is 2.21. The monoisotopic (exact) mass is 171 g/mol. The summed E-state index contributed by atoms with van der Waals surface area (Å²) in [5.41, 5.74) is 3.81. The summed E-state index contributed by atoms with van der Waals surface area (Å²) in [6, 6.07) is -0.349. The number of hydrogen-bond acceptors (Lipinski definition) is 2. The van der Waals surface area contributed by atoms with Gasteiger partial charge in [-0.3, -0.25) is 10.2 Å². The Morgan fingerprint density at radius 3 is 2.17 bits per heavy atom. The molecule has 0 atom stereocenters. The normalized spacial score (nSPS) is 20.8. The minimum absolute atomic E-state index is 0.174. The molecular weight excluding hydrogens is 158 g/mol. The third-order valence-corrected chi connectivity index (χ3v) is 2.28. The highest BCUT2D eigenvalue weighted by atomic mass is 16.2. The minimum atomic E-state index is -0.720. The summed E-state index contributed by atoms with van der Waals surface area (Å²) in [5, 5.41) is 2.62. The third-order valence-electron chi connectivity index (χ3n) is 2.28. The number of hydrogen-bond donors (Lipinski definition) is 3. The number of carbonyl (C=O) groups is 2. The quantitative estimate of drug-likeness (QED) is 0.542. The van der Waals surface area contributed by atoms with E-state index < -0.39 is 5.54 Å². The second-order valence-electron chi connectivity index (χ2n) is 2.82. The molecule has 0 aromatic carbocycles. The van der Waals surface area contributed by atoms with E-state index in [0.29, 0.717) is 12.8 Å². The number of rotatable bonds is 2. The zero-order valence-corrected chi connectivity index (χ0v) is 7.23. The first-order chi connectivity index (χ1) is 5.64. The molecule has 1 rings (SSSR count). The van der Waals surface area contributed by atoms with Gasteiger partial charge in [0.2, 0.25) is 0 Å². The van der Waals surface area contributed by atoms with Crippen molar-refractivity contribution in [3.8, 4) is 0 Å². The molecule has 0 aromatic heterocycles. The summed E-state index contributed by atoms with van der Waals surface area (Å²) in [5.74, 6) is -0.174. The molecule has 68 valence electrons. The molecule has 5 heteroatoms. The van der Waals surface area contributed by atoms with Crippen LogP contribution in [0.1, 0.15) is 26.7 Å². The van der Waals surface area contributed by atoms with E-state index in [2.05, 4.69) is 16.2 Å². The van der Waals surface area contributed by atoms with Crippen molar-refractivity contribution in [1.82, 2.24) is 16.2 Å². The fourth-order valence-corrected chi connectivity index (χ4v) is 1.29. The molecule has 0 aromatic rings. The van der Waals surface area contributed by atoms with E-state index >= 15 is 0 Å². The van der Waals surface area contributed by atoms with Crippen LogP contribution >= 0.6 is 0 Å². The molecular formula is C7H13N3O2. The van der Waals surface area contributed by atoms with Gasteiger partial charge in [0, 0.05) is 0 Å². The van der Waals surface area contributed by atoms with E-state index in [1.54, 1.807) is 0 Å². The molecule has 0 bridgehead atoms. The Morgan fingerprint density at radius 2 is 1.75 bits per heavy atom. The van der Waals surface area contributed by atoms with Crippen LogP contribution in [-0.4, -0.2) is 17.5 Å². The second kappa shape index (κ2) is 3.00. The fourth-order valence-electron chi connectivity index (χ4n) is 1.29. The molecule has 1 aliphatic rings. The molecule has 0 radical (unpaired) electrons. The molecule has 3 amide bonds. The standard InChI is InChI=1S/C7H13N3O2/c1-3-7(4-2)5(11)9-10-6(12)8-7/h3-4H2,1-2H3,(H,9,11)(H2,8,10,12). The molecule has 0 unspecified atom stereocenters. The van der Waals surface area contributed by atoms with E-state index in [-0.39, 0.29) is 11.9 Å². The van der Waals surface area contributed by atoms with Gasteiger partial charge in [0.25, 0.3) is 5.91 Å². The van der Waals surface area contributed by atoms with Gasteiger partial charge in [-0.25, -0.2) is 10.2 Å². The highest BCUT2D eigenvalue weighted by Gasteiger charge is 2.39. The average molecular weight is 171 g/mol. The molecule has 12 heavy (non-hydrogen) atoms. The lowest BCUT2D eigenvalue weighted by Gasteiger charge is -2.35. The van der Waals surface area contributed by atoms with Gasteiger partial charge in [0.1, 0.15) is 5.54 Å². The van der Waals surface area contributed by atoms with Gasteiger partial charge in [-0.05, 0) is 12.8 Å². The molecule has 3 N–H and O–H groups in total. The van der Waals surface area contributed by atoms with E-state index in [0.717, 1.165) is 0 Å². The maximum Gasteiger partial charge on any atom is 0.334 e. The number of hydrazine groups is 1. The van der Waals surface area contributed by atoms with Gasteiger partial charge in [0.15, 0.2) is 0 Å². The highest BCUT2D eigenvalue weighted by Crippen LogP contribution is 2.16. The van der Waals surface area contributed by atoms with Crippen molar-refractivity contribution in [1.29, 1.82) is 0 Å². The van der Waals surface area contributed by atoms with E-state index in [9.17, 15) is 9.59 Å². The van der Waals surface area contributed by atoms with Crippen LogP contribution in [0.25, 0.3) is 0 Å². The topological polar surface area (TPSA) is 70.2 Å². The first-order valence-corrected chi connectivity index (χ1v) is 4.03. The maximum absolute atomic E-state index is 11.3. The Bertz CT molecular complexity index is 211. The zero-order chi connectivity index (χ0) is 9.19. The third kappa shape index (κ3) is 1.22. The van der Waals surface area contributed by atoms with Crippen molar-refractivity contribution >= 4 is 11.9 Å². The largest absolute Gasteiger partial charge is 0.334 e. The summed E-state index contributed by atoms with van der Waals surface area (Å²) in [4.78, 5) is 22.2. The number of carbonyl (C=O) groups excluding carboxylic acids is 2. The lowest BCUT2D eigenvalue weighted by atomic mass is 9.91. The van der Waals surface area contributed by atoms with Gasteiger partial charge in [-0.15, -0.1) is 0 Å². The lowest BCUT2D eigenvalue weighted by Crippen LogP contribution is -2.69. The summed E-state index contributed by atoms with van der Waals surface area (Å²) >= 11 is 0. The van der Waals surface area contributed by atoms with Crippen molar-refractivity contribution in [3.63, 3.8) is 0 Å². The maximum atomic E-state index is 11.3. The van der Waals surface area contributed by atoms with Crippen molar-refractivity contribution in [2.45, 2.75) is 32.2 Å². The SMILES string of the molecule is CCC1(CC)NC(=O)NNC1=O. The first-order valence-electron chi connectivity index (χ1n) is 4.03. The fraction of sp³-hybridized carbons (Fsp3) is 0.714. The Morgan fingerprint density at radius 1 is 1.17 bits per heavy atom. The van der Waals surface area contributed by atoms with Crippen molar-refractivity contribution in [2.24, 2.45) is 0 Å². The number of amides is 3. The molecule has 1 heterocycles. The van der Waals surface area contributed by atoms with Gasteiger partial charge in [0.05, 0.1) is 0 Å². The molecule has 1 aliphatic heterocycles. The van der Waals surface area contributed by atoms with Gasteiger partial charge in [-0.1, -0.05) is 13.8 Å². The zero-order valence-electron chi connectivity index (χ0n) is 7.23. The van der Waals surface area contributed by atoms with Crippen molar-refractivity contribution in [2.75, 3.05) is 0 Å². The summed E-state index contributed by atoms with van der Waals surface area (Å²) in [6.45, 7) is 3.74. The summed E-state index contributed by atoms with van der Waals surface area (Å²) < 4.78 is 0. The van der Waals surface area contributed by atoms with E-state index in [1.807, 2.05) is 13.8 Å². The van der Waals surface area contributed by atoms with Crippen molar-refractivity contribution < 1.29 is 9.59 Å². The van der Waals surface area contributed by atoms with Crippen LogP contribution < -0.4 is 16.2 Å². The Hall–Kier alpha value is -1.26. The average Bonchev–Trinajstić information content (AvgIpc) is 2.09. The summed E-state index contributed by atoms with van der Waals surface area (Å²) in [6.07, 6.45) is 1.20. The van der Waals surface area contributed by atoms with Crippen LogP contribution in [0.2, 0.25) is 0 Å². The predicted molar refractivity (Wildman–Crippen MR) is 43.1 cm³/mol. The summed E-state index contributed by atoms with van der Waals surface area (Å²) in [7, 11) is 0.